The Labute approximate surface area is 172 Å². The van der Waals surface area contributed by atoms with Gasteiger partial charge in [0.15, 0.2) is 0 Å². The predicted octanol–water partition coefficient (Wildman–Crippen LogP) is 1.61. The number of pyridine rings is 1. The van der Waals surface area contributed by atoms with Gasteiger partial charge in [-0.15, -0.1) is 0 Å². The molecule has 0 radical (unpaired) electrons. The van der Waals surface area contributed by atoms with Gasteiger partial charge < -0.3 is 15.7 Å². The molecule has 3 heterocycles. The summed E-state index contributed by atoms with van der Waals surface area (Å²) >= 11 is 0. The van der Waals surface area contributed by atoms with E-state index in [0.29, 0.717) is 35.5 Å². The minimum Gasteiger partial charge on any atom is -0.390 e. The molecule has 0 aliphatic heterocycles. The van der Waals surface area contributed by atoms with Crippen LogP contribution in [0, 0.1) is 22.7 Å². The lowest BCUT2D eigenvalue weighted by atomic mass is 9.76. The van der Waals surface area contributed by atoms with Gasteiger partial charge >= 0.3 is 0 Å². The molecule has 4 rings (SSSR count). The van der Waals surface area contributed by atoms with Crippen molar-refractivity contribution in [2.24, 2.45) is 5.73 Å². The Kier molecular flexibility index (Phi) is 4.61. The van der Waals surface area contributed by atoms with Crippen LogP contribution in [0.1, 0.15) is 35.7 Å². The van der Waals surface area contributed by atoms with Crippen LogP contribution in [0.2, 0.25) is 0 Å². The molecule has 1 saturated carbocycles. The molecule has 0 spiro atoms. The number of hydrogen-bond donors (Lipinski definition) is 2. The van der Waals surface area contributed by atoms with Gasteiger partial charge in [-0.3, -0.25) is 9.78 Å². The van der Waals surface area contributed by atoms with Gasteiger partial charge in [0.05, 0.1) is 51.6 Å². The number of carbonyl (C=O) groups is 1. The van der Waals surface area contributed by atoms with E-state index in [4.69, 9.17) is 11.0 Å². The number of rotatable bonds is 5. The number of fused-ring (bicyclic) bond motifs is 1. The lowest BCUT2D eigenvalue weighted by Gasteiger charge is -2.47. The van der Waals surface area contributed by atoms with Crippen LogP contribution >= 0.6 is 0 Å². The number of aliphatic hydroxyl groups is 1. The minimum atomic E-state index is -0.790. The predicted molar refractivity (Wildman–Crippen MR) is 108 cm³/mol. The average molecular weight is 401 g/mol. The highest BCUT2D eigenvalue weighted by Gasteiger charge is 2.42. The number of anilines is 1. The fourth-order valence-electron chi connectivity index (χ4n) is 3.93. The molecule has 3 N–H and O–H groups in total. The van der Waals surface area contributed by atoms with Crippen LogP contribution in [0.25, 0.3) is 16.9 Å². The maximum atomic E-state index is 12.0. The second-order valence-electron chi connectivity index (χ2n) is 7.71. The Balaban J connectivity index is 1.81. The second kappa shape index (κ2) is 7.14. The molecule has 1 aliphatic carbocycles. The number of nitrogens with two attached hydrogens (primary N) is 1. The van der Waals surface area contributed by atoms with Gasteiger partial charge in [-0.05, 0) is 44.0 Å². The van der Waals surface area contributed by atoms with Crippen LogP contribution in [0.15, 0.2) is 36.7 Å². The molecule has 3 aromatic rings. The summed E-state index contributed by atoms with van der Waals surface area (Å²) in [5.41, 5.74) is 7.88. The van der Waals surface area contributed by atoms with Crippen molar-refractivity contribution in [3.8, 4) is 23.5 Å². The van der Waals surface area contributed by atoms with Crippen molar-refractivity contribution in [3.63, 3.8) is 0 Å². The largest absolute Gasteiger partial charge is 0.390 e. The Morgan fingerprint density at radius 1 is 1.37 bits per heavy atom. The second-order valence-corrected chi connectivity index (χ2v) is 7.71. The van der Waals surface area contributed by atoms with Gasteiger partial charge in [0, 0.05) is 12.2 Å². The van der Waals surface area contributed by atoms with Gasteiger partial charge in [0.2, 0.25) is 0 Å². The van der Waals surface area contributed by atoms with E-state index in [2.05, 4.69) is 22.2 Å². The van der Waals surface area contributed by atoms with E-state index in [0.717, 1.165) is 5.52 Å². The molecule has 0 atom stereocenters. The Morgan fingerprint density at radius 2 is 2.13 bits per heavy atom. The number of amides is 1. The van der Waals surface area contributed by atoms with E-state index in [1.165, 1.54) is 12.4 Å². The van der Waals surface area contributed by atoms with Crippen molar-refractivity contribution in [3.05, 3.63) is 47.8 Å². The number of aromatic nitrogens is 3. The SMILES string of the molecule is CC1(O)CC(N(CC#N)c2cc(-c3ccc4cc(C#N)cnn34)ncc2C(N)=O)C1. The summed E-state index contributed by atoms with van der Waals surface area (Å²) in [7, 11) is 0. The van der Waals surface area contributed by atoms with Crippen LogP contribution in [-0.2, 0) is 0 Å². The summed E-state index contributed by atoms with van der Waals surface area (Å²) in [6.45, 7) is 1.79. The normalized spacial score (nSPS) is 20.2. The third kappa shape index (κ3) is 3.32. The molecule has 9 nitrogen and oxygen atoms in total. The summed E-state index contributed by atoms with van der Waals surface area (Å²) < 4.78 is 1.65. The van der Waals surface area contributed by atoms with E-state index in [-0.39, 0.29) is 18.2 Å². The number of primary amides is 1. The molecule has 0 unspecified atom stereocenters. The summed E-state index contributed by atoms with van der Waals surface area (Å²) in [5, 5.41) is 32.9. The highest BCUT2D eigenvalue weighted by atomic mass is 16.3. The van der Waals surface area contributed by atoms with Gasteiger partial charge in [0.25, 0.3) is 5.91 Å². The summed E-state index contributed by atoms with van der Waals surface area (Å²) in [5.74, 6) is -0.644. The number of nitriles is 2. The fraction of sp³-hybridized carbons (Fsp3) is 0.286. The molecule has 0 bridgehead atoms. The van der Waals surface area contributed by atoms with Crippen LogP contribution < -0.4 is 10.6 Å². The number of carbonyl (C=O) groups excluding carboxylic acids is 1. The van der Waals surface area contributed by atoms with Crippen molar-refractivity contribution in [1.82, 2.24) is 14.6 Å². The van der Waals surface area contributed by atoms with E-state index in [1.807, 2.05) is 12.1 Å². The van der Waals surface area contributed by atoms with E-state index >= 15 is 0 Å². The molecule has 1 amide bonds. The lowest BCUT2D eigenvalue weighted by Crippen LogP contribution is -2.54. The molecule has 0 aromatic carbocycles. The number of nitrogens with zero attached hydrogens (tertiary/aromatic N) is 6. The zero-order valence-electron chi connectivity index (χ0n) is 16.3. The first-order chi connectivity index (χ1) is 14.3. The smallest absolute Gasteiger partial charge is 0.252 e. The molecule has 9 heteroatoms. The highest BCUT2D eigenvalue weighted by molar-refractivity contribution is 5.99. The molecule has 1 aliphatic rings. The van der Waals surface area contributed by atoms with Crippen LogP contribution in [0.5, 0.6) is 0 Å². The Bertz CT molecular complexity index is 1220. The monoisotopic (exact) mass is 401 g/mol. The molecule has 30 heavy (non-hydrogen) atoms. The van der Waals surface area contributed by atoms with Gasteiger partial charge in [-0.1, -0.05) is 0 Å². The first-order valence-electron chi connectivity index (χ1n) is 9.37. The first-order valence-corrected chi connectivity index (χ1v) is 9.37. The molecule has 0 saturated heterocycles. The van der Waals surface area contributed by atoms with Crippen LogP contribution in [0.3, 0.4) is 0 Å². The minimum absolute atomic E-state index is 0.0448. The molecule has 3 aromatic heterocycles. The topological polar surface area (TPSA) is 144 Å². The molecule has 150 valence electrons. The zero-order valence-corrected chi connectivity index (χ0v) is 16.3. The van der Waals surface area contributed by atoms with Gasteiger partial charge in [-0.25, -0.2) is 4.52 Å². The van der Waals surface area contributed by atoms with Crippen molar-refractivity contribution in [1.29, 1.82) is 10.5 Å². The van der Waals surface area contributed by atoms with Crippen LogP contribution in [-0.4, -0.2) is 43.8 Å². The Morgan fingerprint density at radius 3 is 2.77 bits per heavy atom. The molecular formula is C21H19N7O2. The van der Waals surface area contributed by atoms with E-state index in [9.17, 15) is 15.2 Å². The van der Waals surface area contributed by atoms with Crippen molar-refractivity contribution in [2.45, 2.75) is 31.4 Å². The third-order valence-corrected chi connectivity index (χ3v) is 5.38. The first kappa shape index (κ1) is 19.4. The maximum absolute atomic E-state index is 12.0. The number of hydrogen-bond acceptors (Lipinski definition) is 7. The summed E-state index contributed by atoms with van der Waals surface area (Å²) in [4.78, 5) is 18.2. The fourth-order valence-corrected chi connectivity index (χ4v) is 3.93. The Hall–Kier alpha value is -3.95. The zero-order chi connectivity index (χ0) is 21.5. The average Bonchev–Trinajstić information content (AvgIpc) is 3.12. The quantitative estimate of drug-likeness (QED) is 0.618. The summed E-state index contributed by atoms with van der Waals surface area (Å²) in [6.07, 6.45) is 3.83. The third-order valence-electron chi connectivity index (χ3n) is 5.38. The van der Waals surface area contributed by atoms with Crippen molar-refractivity contribution >= 4 is 17.1 Å². The molecule has 1 fully saturated rings. The highest BCUT2D eigenvalue weighted by Crippen LogP contribution is 2.39. The maximum Gasteiger partial charge on any atom is 0.252 e. The van der Waals surface area contributed by atoms with Crippen LogP contribution in [0.4, 0.5) is 5.69 Å². The van der Waals surface area contributed by atoms with E-state index in [1.54, 1.807) is 28.5 Å². The van der Waals surface area contributed by atoms with E-state index < -0.39 is 11.5 Å². The van der Waals surface area contributed by atoms with Crippen molar-refractivity contribution in [2.75, 3.05) is 11.4 Å². The lowest BCUT2D eigenvalue weighted by molar-refractivity contribution is -0.0304. The summed E-state index contributed by atoms with van der Waals surface area (Å²) in [6, 6.07) is 11.2. The molecular weight excluding hydrogens is 382 g/mol. The van der Waals surface area contributed by atoms with Crippen molar-refractivity contribution < 1.29 is 9.90 Å². The van der Waals surface area contributed by atoms with Gasteiger partial charge in [0.1, 0.15) is 12.6 Å². The standard InChI is InChI=1S/C21H19N7O2/c1-21(30)8-15(9-21)27(5-4-22)19-7-17(25-12-16(19)20(24)29)18-3-2-14-6-13(10-23)11-26-28(14)18/h2-3,6-7,11-12,15,30H,5,8-9H2,1H3,(H2,24,29). The van der Waals surface area contributed by atoms with Gasteiger partial charge in [-0.2, -0.15) is 15.6 Å².